The number of halogens is 1. The fourth-order valence-corrected chi connectivity index (χ4v) is 3.68. The zero-order valence-electron chi connectivity index (χ0n) is 14.7. The second-order valence-electron chi connectivity index (χ2n) is 6.04. The van der Waals surface area contributed by atoms with Crippen LogP contribution in [0.4, 0.5) is 0 Å². The highest BCUT2D eigenvalue weighted by atomic mass is 35.5. The molecule has 0 aromatic heterocycles. The third-order valence-electron chi connectivity index (χ3n) is 3.29. The lowest BCUT2D eigenvalue weighted by Gasteiger charge is -2.10. The fourth-order valence-electron chi connectivity index (χ4n) is 2.23. The molecule has 5 nitrogen and oxygen atoms in total. The van der Waals surface area contributed by atoms with Gasteiger partial charge in [-0.3, -0.25) is 0 Å². The average Bonchev–Trinajstić information content (AvgIpc) is 2.51. The number of aryl methyl sites for hydroxylation is 2. The van der Waals surface area contributed by atoms with Crippen LogP contribution in [0.3, 0.4) is 0 Å². The van der Waals surface area contributed by atoms with Crippen molar-refractivity contribution in [1.29, 1.82) is 0 Å². The van der Waals surface area contributed by atoms with Crippen LogP contribution in [0.1, 0.15) is 16.7 Å². The maximum absolute atomic E-state index is 12.3. The molecule has 0 fully saturated rings. The van der Waals surface area contributed by atoms with Gasteiger partial charge in [-0.05, 0) is 54.8 Å². The van der Waals surface area contributed by atoms with Crippen LogP contribution in [0.2, 0.25) is 5.02 Å². The molecule has 0 bridgehead atoms. The molecule has 0 amide bonds. The third-order valence-corrected chi connectivity index (χ3v) is 5.00. The van der Waals surface area contributed by atoms with Crippen LogP contribution in [0.5, 0.6) is 5.75 Å². The van der Waals surface area contributed by atoms with Crippen molar-refractivity contribution in [2.45, 2.75) is 25.3 Å². The molecule has 0 saturated heterocycles. The molecule has 0 aliphatic heterocycles. The summed E-state index contributed by atoms with van der Waals surface area (Å²) in [6, 6.07) is 10.7. The van der Waals surface area contributed by atoms with E-state index in [0.717, 1.165) is 16.9 Å². The van der Waals surface area contributed by atoms with E-state index in [9.17, 15) is 8.42 Å². The zero-order chi connectivity index (χ0) is 18.6. The summed E-state index contributed by atoms with van der Waals surface area (Å²) >= 11 is 6.05. The van der Waals surface area contributed by atoms with Crippen molar-refractivity contribution in [3.05, 3.63) is 58.1 Å². The van der Waals surface area contributed by atoms with Gasteiger partial charge in [-0.15, -0.1) is 4.40 Å². The van der Waals surface area contributed by atoms with Crippen molar-refractivity contribution in [1.82, 2.24) is 4.90 Å². The lowest BCUT2D eigenvalue weighted by molar-refractivity contribution is 0.305. The first-order valence-electron chi connectivity index (χ1n) is 7.64. The van der Waals surface area contributed by atoms with Gasteiger partial charge in [0.1, 0.15) is 23.6 Å². The van der Waals surface area contributed by atoms with E-state index in [4.69, 9.17) is 16.3 Å². The van der Waals surface area contributed by atoms with Gasteiger partial charge in [0.2, 0.25) is 0 Å². The molecule has 0 aliphatic carbocycles. The number of rotatable bonds is 6. The van der Waals surface area contributed by atoms with Crippen LogP contribution in [0.25, 0.3) is 0 Å². The van der Waals surface area contributed by atoms with Crippen LogP contribution in [0, 0.1) is 13.8 Å². The molecule has 2 aromatic rings. The van der Waals surface area contributed by atoms with E-state index < -0.39 is 10.0 Å². The molecule has 0 heterocycles. The third kappa shape index (κ3) is 5.47. The number of sulfonamides is 1. The van der Waals surface area contributed by atoms with E-state index in [-0.39, 0.29) is 16.5 Å². The van der Waals surface area contributed by atoms with Crippen molar-refractivity contribution in [2.75, 3.05) is 14.1 Å². The summed E-state index contributed by atoms with van der Waals surface area (Å²) in [7, 11) is -0.486. The van der Waals surface area contributed by atoms with Crippen LogP contribution >= 0.6 is 11.6 Å². The van der Waals surface area contributed by atoms with Crippen molar-refractivity contribution in [3.63, 3.8) is 0 Å². The molecule has 0 radical (unpaired) electrons. The van der Waals surface area contributed by atoms with Crippen LogP contribution in [-0.2, 0) is 16.6 Å². The molecule has 25 heavy (non-hydrogen) atoms. The highest BCUT2D eigenvalue weighted by molar-refractivity contribution is 7.90. The Hall–Kier alpha value is -2.05. The highest BCUT2D eigenvalue weighted by Gasteiger charge is 2.17. The zero-order valence-corrected chi connectivity index (χ0v) is 16.2. The van der Waals surface area contributed by atoms with Crippen LogP contribution in [-0.4, -0.2) is 33.8 Å². The maximum Gasteiger partial charge on any atom is 0.285 e. The van der Waals surface area contributed by atoms with Gasteiger partial charge in [0, 0.05) is 14.1 Å². The number of hydrogen-bond acceptors (Lipinski definition) is 3. The van der Waals surface area contributed by atoms with Crippen molar-refractivity contribution >= 4 is 28.0 Å². The average molecular weight is 381 g/mol. The van der Waals surface area contributed by atoms with Crippen molar-refractivity contribution in [3.8, 4) is 5.75 Å². The number of nitrogens with zero attached hydrogens (tertiary/aromatic N) is 2. The Morgan fingerprint density at radius 1 is 1.12 bits per heavy atom. The van der Waals surface area contributed by atoms with Gasteiger partial charge in [0.25, 0.3) is 10.0 Å². The Balaban J connectivity index is 2.24. The second-order valence-corrected chi connectivity index (χ2v) is 8.04. The lowest BCUT2D eigenvalue weighted by atomic mass is 10.1. The summed E-state index contributed by atoms with van der Waals surface area (Å²) in [4.78, 5) is 1.51. The SMILES string of the molecule is Cc1cc(C)cc(OCc2ccc(Cl)c(S(=O)(=O)/N=C/N(C)C)c2)c1. The second kappa shape index (κ2) is 7.89. The van der Waals surface area contributed by atoms with E-state index in [2.05, 4.69) is 10.5 Å². The Kier molecular flexibility index (Phi) is 6.08. The molecule has 0 N–H and O–H groups in total. The standard InChI is InChI=1S/C18H21ClN2O3S/c1-13-7-14(2)9-16(8-13)24-11-15-5-6-17(19)18(10-15)25(22,23)20-12-21(3)4/h5-10,12H,11H2,1-4H3/b20-12+. The van der Waals surface area contributed by atoms with Crippen LogP contribution < -0.4 is 4.74 Å². The van der Waals surface area contributed by atoms with E-state index >= 15 is 0 Å². The number of hydrogen-bond donors (Lipinski definition) is 0. The highest BCUT2D eigenvalue weighted by Crippen LogP contribution is 2.25. The summed E-state index contributed by atoms with van der Waals surface area (Å²) < 4.78 is 34.0. The molecule has 0 unspecified atom stereocenters. The maximum atomic E-state index is 12.3. The molecule has 0 saturated carbocycles. The Morgan fingerprint density at radius 3 is 2.36 bits per heavy atom. The quantitative estimate of drug-likeness (QED) is 0.564. The van der Waals surface area contributed by atoms with Gasteiger partial charge >= 0.3 is 0 Å². The summed E-state index contributed by atoms with van der Waals surface area (Å²) in [6.07, 6.45) is 1.23. The van der Waals surface area contributed by atoms with Gasteiger partial charge in [-0.2, -0.15) is 8.42 Å². The first kappa shape index (κ1) is 19.3. The van der Waals surface area contributed by atoms with Gasteiger partial charge in [-0.25, -0.2) is 0 Å². The Labute approximate surface area is 154 Å². The predicted octanol–water partition coefficient (Wildman–Crippen LogP) is 3.81. The monoisotopic (exact) mass is 380 g/mol. The molecular weight excluding hydrogens is 360 g/mol. The minimum Gasteiger partial charge on any atom is -0.489 e. The minimum absolute atomic E-state index is 0.0335. The smallest absolute Gasteiger partial charge is 0.285 e. The van der Waals surface area contributed by atoms with E-state index in [1.165, 1.54) is 12.4 Å². The van der Waals surface area contributed by atoms with E-state index in [0.29, 0.717) is 5.56 Å². The van der Waals surface area contributed by atoms with Crippen molar-refractivity contribution in [2.24, 2.45) is 4.40 Å². The summed E-state index contributed by atoms with van der Waals surface area (Å²) in [5, 5.41) is 0.131. The molecule has 0 atom stereocenters. The van der Waals surface area contributed by atoms with Crippen LogP contribution in [0.15, 0.2) is 45.7 Å². The van der Waals surface area contributed by atoms with Gasteiger partial charge in [0.05, 0.1) is 5.02 Å². The molecule has 134 valence electrons. The van der Waals surface area contributed by atoms with Gasteiger partial charge in [-0.1, -0.05) is 23.7 Å². The first-order valence-corrected chi connectivity index (χ1v) is 9.45. The lowest BCUT2D eigenvalue weighted by Crippen LogP contribution is -2.10. The molecular formula is C18H21ClN2O3S. The molecule has 2 aromatic carbocycles. The van der Waals surface area contributed by atoms with Crippen molar-refractivity contribution < 1.29 is 13.2 Å². The summed E-state index contributed by atoms with van der Waals surface area (Å²) in [5.74, 6) is 0.738. The molecule has 0 aliphatic rings. The van der Waals surface area contributed by atoms with Gasteiger partial charge < -0.3 is 9.64 Å². The Bertz CT molecular complexity index is 873. The predicted molar refractivity (Wildman–Crippen MR) is 101 cm³/mol. The van der Waals surface area contributed by atoms with E-state index in [1.807, 2.05) is 26.0 Å². The molecule has 7 heteroatoms. The topological polar surface area (TPSA) is 59.0 Å². The number of ether oxygens (including phenoxy) is 1. The fraction of sp³-hybridized carbons (Fsp3) is 0.278. The molecule has 2 rings (SSSR count). The Morgan fingerprint density at radius 2 is 1.76 bits per heavy atom. The van der Waals surface area contributed by atoms with E-state index in [1.54, 1.807) is 31.1 Å². The first-order chi connectivity index (χ1) is 11.7. The normalized spacial score (nSPS) is 11.7. The largest absolute Gasteiger partial charge is 0.489 e. The molecule has 0 spiro atoms. The minimum atomic E-state index is -3.86. The summed E-state index contributed by atoms with van der Waals surface area (Å²) in [6.45, 7) is 4.23. The summed E-state index contributed by atoms with van der Waals surface area (Å²) in [5.41, 5.74) is 2.90. The van der Waals surface area contributed by atoms with Gasteiger partial charge in [0.15, 0.2) is 0 Å². The number of benzene rings is 2.